The molecule has 0 saturated heterocycles. The maximum absolute atomic E-state index is 6.53. The van der Waals surface area contributed by atoms with E-state index in [1.165, 1.54) is 0 Å². The molecule has 4 aliphatic rings. The van der Waals surface area contributed by atoms with Crippen LogP contribution < -0.4 is 37.9 Å². The average molecular weight is 1470 g/mol. The number of aromatic nitrogens is 6. The third kappa shape index (κ3) is 11.9. The van der Waals surface area contributed by atoms with Crippen molar-refractivity contribution in [2.24, 2.45) is 9.98 Å². The smallest absolute Gasteiger partial charge is 0.126 e. The van der Waals surface area contributed by atoms with Gasteiger partial charge in [0.2, 0.25) is 0 Å². The van der Waals surface area contributed by atoms with Gasteiger partial charge in [0.25, 0.3) is 0 Å². The Balaban J connectivity index is 1.08. The molecular formula is C96H74N8O8. The van der Waals surface area contributed by atoms with Crippen LogP contribution in [0.5, 0.6) is 46.0 Å². The van der Waals surface area contributed by atoms with Crippen molar-refractivity contribution in [1.82, 2.24) is 29.9 Å². The van der Waals surface area contributed by atoms with Crippen molar-refractivity contribution < 1.29 is 37.9 Å². The largest absolute Gasteiger partial charge is 0.496 e. The molecule has 16 heteroatoms. The van der Waals surface area contributed by atoms with Crippen LogP contribution in [0.4, 0.5) is 11.4 Å². The van der Waals surface area contributed by atoms with Gasteiger partial charge in [0.05, 0.1) is 102 Å². The Bertz CT molecular complexity index is 6270. The summed E-state index contributed by atoms with van der Waals surface area (Å²) in [6, 6.07) is 85.7. The van der Waals surface area contributed by atoms with Crippen LogP contribution in [0.15, 0.2) is 265 Å². The summed E-state index contributed by atoms with van der Waals surface area (Å²) in [5.74, 6) is 5.09. The monoisotopic (exact) mass is 1470 g/mol. The second kappa shape index (κ2) is 29.2. The molecule has 0 spiro atoms. The van der Waals surface area contributed by atoms with Gasteiger partial charge >= 0.3 is 0 Å². The second-order valence-electron chi connectivity index (χ2n) is 27.0. The molecule has 0 atom stereocenters. The van der Waals surface area contributed by atoms with Crippen LogP contribution in [0, 0.1) is 0 Å². The van der Waals surface area contributed by atoms with Gasteiger partial charge in [0.1, 0.15) is 46.0 Å². The molecule has 0 amide bonds. The van der Waals surface area contributed by atoms with Crippen molar-refractivity contribution in [3.05, 3.63) is 289 Å². The van der Waals surface area contributed by atoms with Crippen molar-refractivity contribution in [3.63, 3.8) is 0 Å². The summed E-state index contributed by atoms with van der Waals surface area (Å²) in [5, 5.41) is 0. The molecule has 0 unspecified atom stereocenters. The summed E-state index contributed by atoms with van der Waals surface area (Å²) >= 11 is 0. The van der Waals surface area contributed by atoms with Crippen molar-refractivity contribution in [2.75, 3.05) is 56.9 Å². The molecule has 0 fully saturated rings. The Hall–Kier alpha value is -14.6. The van der Waals surface area contributed by atoms with Gasteiger partial charge in [-0.2, -0.15) is 0 Å². The first-order chi connectivity index (χ1) is 55.2. The maximum Gasteiger partial charge on any atom is 0.126 e. The number of nitrogens with one attached hydrogen (secondary N) is 4. The first-order valence-corrected chi connectivity index (χ1v) is 36.7. The van der Waals surface area contributed by atoms with E-state index in [1.807, 2.05) is 146 Å². The highest BCUT2D eigenvalue weighted by Gasteiger charge is 2.34. The number of aliphatic imine (C=N–C) groups is 2. The lowest BCUT2D eigenvalue weighted by Gasteiger charge is -2.15. The molecule has 4 N–H and O–H groups in total. The van der Waals surface area contributed by atoms with E-state index in [2.05, 4.69) is 153 Å². The first-order valence-electron chi connectivity index (χ1n) is 36.7. The number of methoxy groups -OCH3 is 8. The molecule has 112 heavy (non-hydrogen) atoms. The molecule has 14 aromatic rings. The molecule has 4 aliphatic heterocycles. The van der Waals surface area contributed by atoms with E-state index in [-0.39, 0.29) is 0 Å². The minimum Gasteiger partial charge on any atom is -0.496 e. The predicted molar refractivity (Wildman–Crippen MR) is 453 cm³/mol. The average Bonchev–Trinajstić information content (AvgIpc) is 1.58. The minimum absolute atomic E-state index is 0.513. The van der Waals surface area contributed by atoms with Gasteiger partial charge in [-0.05, 0) is 133 Å². The number of hydrogen-bond donors (Lipinski definition) is 4. The number of para-hydroxylation sites is 8. The van der Waals surface area contributed by atoms with Gasteiger partial charge in [-0.25, -0.2) is 20.0 Å². The van der Waals surface area contributed by atoms with Crippen LogP contribution in [0.2, 0.25) is 0 Å². The molecule has 8 aromatic carbocycles. The Morgan fingerprint density at radius 1 is 0.196 bits per heavy atom. The Morgan fingerprint density at radius 3 is 0.589 bits per heavy atom. The van der Waals surface area contributed by atoms with E-state index in [4.69, 9.17) is 57.8 Å². The molecule has 0 aliphatic carbocycles. The number of hydrogen-bond acceptors (Lipinski definition) is 12. The van der Waals surface area contributed by atoms with Crippen molar-refractivity contribution >= 4 is 91.2 Å². The number of benzene rings is 8. The summed E-state index contributed by atoms with van der Waals surface area (Å²) in [4.78, 5) is 39.8. The third-order valence-corrected chi connectivity index (χ3v) is 21.0. The topological polar surface area (TPSA) is 187 Å². The van der Waals surface area contributed by atoms with E-state index in [0.717, 1.165) is 133 Å². The zero-order chi connectivity index (χ0) is 76.1. The summed E-state index contributed by atoms with van der Waals surface area (Å²) in [7, 11) is 13.6. The van der Waals surface area contributed by atoms with Crippen LogP contribution >= 0.6 is 0 Å². The summed E-state index contributed by atoms with van der Waals surface area (Å²) < 4.78 is 50.9. The number of aromatic amines is 4. The third-order valence-electron chi connectivity index (χ3n) is 21.0. The van der Waals surface area contributed by atoms with Gasteiger partial charge in [-0.3, -0.25) is 0 Å². The second-order valence-corrected chi connectivity index (χ2v) is 27.0. The quantitative estimate of drug-likeness (QED) is 0.0683. The lowest BCUT2D eigenvalue weighted by molar-refractivity contribution is 0.416. The zero-order valence-electron chi connectivity index (χ0n) is 62.6. The normalized spacial score (nSPS) is 12.1. The Labute approximate surface area is 646 Å². The van der Waals surface area contributed by atoms with Crippen molar-refractivity contribution in [1.29, 1.82) is 0 Å². The standard InChI is InChI=1S/C96H74N8O8/c1-105-79-33-17-9-25-55(79)87-63-53-77(93(61-31-15-23-39-85(61)111-7)75-51-49-73(101-75)91(59-29-13-21-37-83(59)109-5)71-47-45-69(99-71)89(67-43-41-65(87)97-67)57-27-11-19-35-81(57)107-3)103-95(63)96-64-54-78(104-96)94(62-32-16-24-40-86(62)112-8)76-52-50-74(102-76)92(60-30-14-22-38-84(60)110-6)72-48-46-70(100-72)90(58-28-12-20-36-82(58)108-4)68-44-42-66(98-68)88(64)56-26-10-18-34-80(56)106-2/h9-54,97-98,101-102H,1-8H3. The molecular weight excluding hydrogens is 1390 g/mol. The number of H-pyrrole nitrogens is 4. The van der Waals surface area contributed by atoms with Gasteiger partial charge in [-0.1, -0.05) is 146 Å². The molecule has 16 nitrogen and oxygen atoms in total. The number of nitrogens with zero attached hydrogens (tertiary/aromatic N) is 4. The van der Waals surface area contributed by atoms with Gasteiger partial charge in [0, 0.05) is 144 Å². The molecule has 546 valence electrons. The predicted octanol–water partition coefficient (Wildman–Crippen LogP) is 22.8. The van der Waals surface area contributed by atoms with E-state index in [1.54, 1.807) is 56.9 Å². The molecule has 18 rings (SSSR count). The van der Waals surface area contributed by atoms with E-state index in [0.29, 0.717) is 103 Å². The van der Waals surface area contributed by atoms with Crippen LogP contribution in [-0.2, 0) is 0 Å². The van der Waals surface area contributed by atoms with Gasteiger partial charge < -0.3 is 57.8 Å². The van der Waals surface area contributed by atoms with E-state index in [9.17, 15) is 0 Å². The fourth-order valence-electron chi connectivity index (χ4n) is 16.1. The van der Waals surface area contributed by atoms with Crippen LogP contribution in [0.25, 0.3) is 157 Å². The highest BCUT2D eigenvalue weighted by atomic mass is 16.5. The molecule has 0 saturated carbocycles. The van der Waals surface area contributed by atoms with E-state index >= 15 is 0 Å². The summed E-state index contributed by atoms with van der Waals surface area (Å²) in [5.41, 5.74) is 24.8. The van der Waals surface area contributed by atoms with Crippen molar-refractivity contribution in [3.8, 4) is 135 Å². The molecule has 16 bridgehead atoms. The Kier molecular flexibility index (Phi) is 18.0. The molecule has 0 radical (unpaired) electrons. The van der Waals surface area contributed by atoms with Gasteiger partial charge in [-0.15, -0.1) is 0 Å². The van der Waals surface area contributed by atoms with Gasteiger partial charge in [0.15, 0.2) is 0 Å². The lowest BCUT2D eigenvalue weighted by Crippen LogP contribution is -2.15. The number of ether oxygens (including phenoxy) is 8. The molecule has 6 aromatic heterocycles. The van der Waals surface area contributed by atoms with Crippen molar-refractivity contribution in [2.45, 2.75) is 0 Å². The highest BCUT2D eigenvalue weighted by molar-refractivity contribution is 6.58. The highest BCUT2D eigenvalue weighted by Crippen LogP contribution is 2.52. The minimum atomic E-state index is 0.513. The Morgan fingerprint density at radius 2 is 0.375 bits per heavy atom. The SMILES string of the molecule is COc1ccccc1-c1c2cc(c(-c3ccccc3OC)c3ccc([nH]3)c(-c3ccccc3OC)c3nc(c(-c4ccccc4OC)c4ccc1[nH]4)C=C3)C(C1=Nc3cc1c(-c1ccccc1OC)c1ccc([nH]1)c(-c1ccccc1OC)c1nc(c(-c4ccccc4OC)c4ccc([nH]4)c3-c3ccccc3OC)C=C1)=N2. The number of fused-ring (bicyclic) bond motifs is 16. The summed E-state index contributed by atoms with van der Waals surface area (Å²) in [6.45, 7) is 0. The van der Waals surface area contributed by atoms with Crippen LogP contribution in [0.3, 0.4) is 0 Å². The van der Waals surface area contributed by atoms with E-state index < -0.39 is 0 Å². The first kappa shape index (κ1) is 69.1. The van der Waals surface area contributed by atoms with Crippen LogP contribution in [-0.4, -0.2) is 98.2 Å². The number of rotatable bonds is 17. The fourth-order valence-corrected chi connectivity index (χ4v) is 16.1. The van der Waals surface area contributed by atoms with Crippen LogP contribution in [0.1, 0.15) is 33.9 Å². The lowest BCUT2D eigenvalue weighted by atomic mass is 9.90. The summed E-state index contributed by atoms with van der Waals surface area (Å²) in [6.07, 6.45) is 8.28. The fraction of sp³-hybridized carbons (Fsp3) is 0.0833. The maximum atomic E-state index is 6.53. The zero-order valence-corrected chi connectivity index (χ0v) is 62.6. The molecule has 10 heterocycles.